The van der Waals surface area contributed by atoms with E-state index in [4.69, 9.17) is 0 Å². The van der Waals surface area contributed by atoms with Gasteiger partial charge in [0, 0.05) is 24.0 Å². The summed E-state index contributed by atoms with van der Waals surface area (Å²) >= 11 is 0. The van der Waals surface area contributed by atoms with Crippen LogP contribution in [0.15, 0.2) is 41.3 Å². The van der Waals surface area contributed by atoms with Gasteiger partial charge in [-0.1, -0.05) is 6.07 Å². The number of aromatic nitrogens is 1. The van der Waals surface area contributed by atoms with Crippen LogP contribution in [-0.2, 0) is 0 Å². The first-order valence-corrected chi connectivity index (χ1v) is 4.80. The Hall–Kier alpha value is -2.23. The minimum atomic E-state index is -0.408. The lowest BCUT2D eigenvalue weighted by Gasteiger charge is -2.11. The number of pyridine rings is 1. The molecule has 0 unspecified atom stereocenters. The fourth-order valence-corrected chi connectivity index (χ4v) is 1.55. The molecule has 4 nitrogen and oxygen atoms in total. The van der Waals surface area contributed by atoms with Gasteiger partial charge < -0.3 is 14.8 Å². The number of hydrogen-bond acceptors (Lipinski definition) is 3. The molecule has 0 saturated carbocycles. The predicted octanol–water partition coefficient (Wildman–Crippen LogP) is 1.56. The van der Waals surface area contributed by atoms with E-state index in [1.807, 2.05) is 0 Å². The van der Waals surface area contributed by atoms with Crippen molar-refractivity contribution in [1.82, 2.24) is 4.57 Å². The fourth-order valence-electron chi connectivity index (χ4n) is 1.55. The largest absolute Gasteiger partial charge is 0.508 e. The first kappa shape index (κ1) is 10.3. The van der Waals surface area contributed by atoms with Crippen molar-refractivity contribution in [2.24, 2.45) is 0 Å². The molecule has 0 radical (unpaired) electrons. The average Bonchev–Trinajstić information content (AvgIpc) is 2.26. The molecule has 0 fully saturated rings. The summed E-state index contributed by atoms with van der Waals surface area (Å²) in [5.74, 6) is -0.138. The molecule has 16 heavy (non-hydrogen) atoms. The van der Waals surface area contributed by atoms with Gasteiger partial charge in [0.25, 0.3) is 0 Å². The maximum absolute atomic E-state index is 11.2. The third-order valence-corrected chi connectivity index (χ3v) is 2.42. The Labute approximate surface area is 92.0 Å². The molecule has 2 N–H and O–H groups in total. The molecule has 2 aromatic rings. The number of nitrogens with zero attached hydrogens (tertiary/aromatic N) is 1. The molecule has 0 saturated heterocycles. The van der Waals surface area contributed by atoms with Gasteiger partial charge in [-0.2, -0.15) is 0 Å². The molecule has 1 aromatic carbocycles. The summed E-state index contributed by atoms with van der Waals surface area (Å²) in [7, 11) is 0. The summed E-state index contributed by atoms with van der Waals surface area (Å²) in [5, 5.41) is 18.9. The summed E-state index contributed by atoms with van der Waals surface area (Å²) in [4.78, 5) is 11.2. The summed E-state index contributed by atoms with van der Waals surface area (Å²) in [6, 6.07) is 7.86. The van der Waals surface area contributed by atoms with Gasteiger partial charge >= 0.3 is 0 Å². The monoisotopic (exact) mass is 217 g/mol. The van der Waals surface area contributed by atoms with Crippen LogP contribution in [0.25, 0.3) is 5.69 Å². The molecule has 2 rings (SSSR count). The van der Waals surface area contributed by atoms with Crippen molar-refractivity contribution < 1.29 is 10.2 Å². The zero-order valence-corrected chi connectivity index (χ0v) is 8.71. The van der Waals surface area contributed by atoms with E-state index in [-0.39, 0.29) is 11.5 Å². The van der Waals surface area contributed by atoms with Crippen LogP contribution in [0.3, 0.4) is 0 Å². The van der Waals surface area contributed by atoms with Crippen LogP contribution in [-0.4, -0.2) is 14.8 Å². The van der Waals surface area contributed by atoms with E-state index in [0.717, 1.165) is 0 Å². The van der Waals surface area contributed by atoms with E-state index < -0.39 is 5.43 Å². The molecule has 4 heteroatoms. The van der Waals surface area contributed by atoms with Crippen LogP contribution in [0.5, 0.6) is 11.5 Å². The number of benzene rings is 1. The van der Waals surface area contributed by atoms with E-state index >= 15 is 0 Å². The number of phenols is 1. The third-order valence-electron chi connectivity index (χ3n) is 2.42. The van der Waals surface area contributed by atoms with Crippen LogP contribution in [0.1, 0.15) is 5.69 Å². The molecular weight excluding hydrogens is 206 g/mol. The van der Waals surface area contributed by atoms with Crippen molar-refractivity contribution in [2.75, 3.05) is 0 Å². The summed E-state index contributed by atoms with van der Waals surface area (Å²) < 4.78 is 1.64. The number of hydrogen-bond donors (Lipinski definition) is 2. The summed E-state index contributed by atoms with van der Waals surface area (Å²) in [5.41, 5.74) is 0.722. The molecule has 0 aliphatic rings. The Morgan fingerprint density at radius 1 is 1.19 bits per heavy atom. The molecule has 0 atom stereocenters. The normalized spacial score (nSPS) is 10.3. The Morgan fingerprint density at radius 2 is 1.94 bits per heavy atom. The van der Waals surface area contributed by atoms with Gasteiger partial charge in [-0.25, -0.2) is 0 Å². The molecular formula is C12H11NO3. The first-order valence-electron chi connectivity index (χ1n) is 4.80. The maximum atomic E-state index is 11.2. The van der Waals surface area contributed by atoms with Gasteiger partial charge in [0.1, 0.15) is 5.75 Å². The molecule has 0 aliphatic heterocycles. The lowest BCUT2D eigenvalue weighted by molar-refractivity contribution is 0.459. The molecule has 0 bridgehead atoms. The van der Waals surface area contributed by atoms with E-state index in [1.54, 1.807) is 42.0 Å². The molecule has 1 heterocycles. The Bertz CT molecular complexity index is 587. The second-order valence-corrected chi connectivity index (χ2v) is 3.50. The van der Waals surface area contributed by atoms with Gasteiger partial charge in [0.05, 0.1) is 5.69 Å². The van der Waals surface area contributed by atoms with Gasteiger partial charge in [0.15, 0.2) is 5.75 Å². The highest BCUT2D eigenvalue weighted by Gasteiger charge is 2.06. The second-order valence-electron chi connectivity index (χ2n) is 3.50. The van der Waals surface area contributed by atoms with E-state index in [2.05, 4.69) is 0 Å². The molecule has 0 amide bonds. The van der Waals surface area contributed by atoms with Crippen LogP contribution in [0.4, 0.5) is 0 Å². The Balaban J connectivity index is 2.66. The quantitative estimate of drug-likeness (QED) is 0.761. The highest BCUT2D eigenvalue weighted by Crippen LogP contribution is 2.19. The minimum absolute atomic E-state index is 0.134. The number of phenolic OH excluding ortho intramolecular Hbond substituents is 1. The Kier molecular flexibility index (Phi) is 2.40. The smallest absolute Gasteiger partial charge is 0.223 e. The first-order chi connectivity index (χ1) is 7.59. The van der Waals surface area contributed by atoms with E-state index in [0.29, 0.717) is 11.4 Å². The van der Waals surface area contributed by atoms with Gasteiger partial charge in [0.2, 0.25) is 5.43 Å². The average molecular weight is 217 g/mol. The van der Waals surface area contributed by atoms with Crippen LogP contribution in [0, 0.1) is 6.92 Å². The third kappa shape index (κ3) is 1.65. The van der Waals surface area contributed by atoms with Crippen LogP contribution >= 0.6 is 0 Å². The zero-order chi connectivity index (χ0) is 11.7. The fraction of sp³-hybridized carbons (Fsp3) is 0.0833. The van der Waals surface area contributed by atoms with E-state index in [9.17, 15) is 15.0 Å². The summed E-state index contributed by atoms with van der Waals surface area (Å²) in [6.07, 6.45) is 1.56. The lowest BCUT2D eigenvalue weighted by atomic mass is 10.2. The van der Waals surface area contributed by atoms with Gasteiger partial charge in [-0.05, 0) is 19.1 Å². The van der Waals surface area contributed by atoms with Crippen LogP contribution < -0.4 is 5.43 Å². The SMILES string of the molecule is Cc1c(O)c(=O)ccn1-c1cccc(O)c1. The van der Waals surface area contributed by atoms with Crippen molar-refractivity contribution in [3.8, 4) is 17.2 Å². The highest BCUT2D eigenvalue weighted by atomic mass is 16.3. The van der Waals surface area contributed by atoms with E-state index in [1.165, 1.54) is 6.07 Å². The van der Waals surface area contributed by atoms with Crippen molar-refractivity contribution in [3.63, 3.8) is 0 Å². The maximum Gasteiger partial charge on any atom is 0.223 e. The summed E-state index contributed by atoms with van der Waals surface area (Å²) in [6.45, 7) is 1.64. The standard InChI is InChI=1S/C12H11NO3/c1-8-12(16)11(15)5-6-13(8)9-3-2-4-10(14)7-9/h2-7,14,16H,1H3. The molecule has 1 aromatic heterocycles. The highest BCUT2D eigenvalue weighted by molar-refractivity contribution is 5.42. The Morgan fingerprint density at radius 3 is 2.62 bits per heavy atom. The van der Waals surface area contributed by atoms with Gasteiger partial charge in [-0.3, -0.25) is 4.79 Å². The minimum Gasteiger partial charge on any atom is -0.508 e. The van der Waals surface area contributed by atoms with Gasteiger partial charge in [-0.15, -0.1) is 0 Å². The molecule has 0 spiro atoms. The molecule has 0 aliphatic carbocycles. The van der Waals surface area contributed by atoms with Crippen molar-refractivity contribution in [2.45, 2.75) is 6.92 Å². The predicted molar refractivity (Wildman–Crippen MR) is 60.1 cm³/mol. The van der Waals surface area contributed by atoms with Crippen molar-refractivity contribution in [1.29, 1.82) is 0 Å². The lowest BCUT2D eigenvalue weighted by Crippen LogP contribution is -2.08. The van der Waals surface area contributed by atoms with Crippen LogP contribution in [0.2, 0.25) is 0 Å². The molecule has 82 valence electrons. The number of rotatable bonds is 1. The zero-order valence-electron chi connectivity index (χ0n) is 8.71. The van der Waals surface area contributed by atoms with Crippen molar-refractivity contribution in [3.05, 3.63) is 52.4 Å². The van der Waals surface area contributed by atoms with Crippen molar-refractivity contribution >= 4 is 0 Å². The second kappa shape index (κ2) is 3.73. The number of aromatic hydroxyl groups is 2. The topological polar surface area (TPSA) is 62.5 Å².